The van der Waals surface area contributed by atoms with Gasteiger partial charge in [0.25, 0.3) is 0 Å². The van der Waals surface area contributed by atoms with Crippen LogP contribution in [0.3, 0.4) is 0 Å². The molecule has 0 spiro atoms. The Labute approximate surface area is 98.3 Å². The second-order valence-corrected chi connectivity index (χ2v) is 4.47. The van der Waals surface area contributed by atoms with Gasteiger partial charge >= 0.3 is 5.69 Å². The molecule has 0 aromatic carbocycles. The van der Waals surface area contributed by atoms with E-state index in [1.54, 1.807) is 4.40 Å². The summed E-state index contributed by atoms with van der Waals surface area (Å²) in [6.45, 7) is 3.85. The molecule has 0 radical (unpaired) electrons. The number of hydrogen-bond acceptors (Lipinski definition) is 4. The Morgan fingerprint density at radius 2 is 2.06 bits per heavy atom. The van der Waals surface area contributed by atoms with Crippen molar-refractivity contribution in [1.82, 2.24) is 19.6 Å². The number of aryl methyl sites for hydroxylation is 1. The number of aromatic amines is 1. The van der Waals surface area contributed by atoms with Crippen molar-refractivity contribution in [1.29, 1.82) is 0 Å². The summed E-state index contributed by atoms with van der Waals surface area (Å²) >= 11 is 0. The van der Waals surface area contributed by atoms with Gasteiger partial charge in [-0.1, -0.05) is 0 Å². The lowest BCUT2D eigenvalue weighted by atomic mass is 10.1. The molecule has 3 heterocycles. The Morgan fingerprint density at radius 1 is 1.29 bits per heavy atom. The normalized spacial score (nSPS) is 16.6. The fourth-order valence-corrected chi connectivity index (χ4v) is 2.33. The third kappa shape index (κ3) is 1.69. The highest BCUT2D eigenvalue weighted by Gasteiger charge is 2.17. The van der Waals surface area contributed by atoms with Crippen molar-refractivity contribution in [2.75, 3.05) is 18.0 Å². The molecule has 0 atom stereocenters. The standard InChI is InChI=1S/C11H15N5O/c1-8-7-9-13-14-11(17)16(9)10(12-8)15-5-3-2-4-6-15/h7H,2-6H2,1H3,(H,14,17). The van der Waals surface area contributed by atoms with Gasteiger partial charge in [0.15, 0.2) is 5.65 Å². The van der Waals surface area contributed by atoms with Crippen LogP contribution in [0.4, 0.5) is 5.95 Å². The van der Waals surface area contributed by atoms with Crippen LogP contribution in [-0.2, 0) is 0 Å². The van der Waals surface area contributed by atoms with E-state index in [0.29, 0.717) is 5.65 Å². The molecule has 0 bridgehead atoms. The van der Waals surface area contributed by atoms with Crippen molar-refractivity contribution in [3.8, 4) is 0 Å². The van der Waals surface area contributed by atoms with Crippen LogP contribution in [0.2, 0.25) is 0 Å². The van der Waals surface area contributed by atoms with Crippen LogP contribution >= 0.6 is 0 Å². The molecule has 1 fully saturated rings. The molecule has 17 heavy (non-hydrogen) atoms. The molecule has 1 saturated heterocycles. The van der Waals surface area contributed by atoms with Gasteiger partial charge in [0, 0.05) is 24.8 Å². The summed E-state index contributed by atoms with van der Waals surface area (Å²) in [6, 6.07) is 1.81. The predicted octanol–water partition coefficient (Wildman–Crippen LogP) is 0.716. The first-order chi connectivity index (χ1) is 8.25. The lowest BCUT2D eigenvalue weighted by Crippen LogP contribution is -2.33. The fraction of sp³-hybridized carbons (Fsp3) is 0.545. The number of anilines is 1. The van der Waals surface area contributed by atoms with E-state index in [1.165, 1.54) is 6.42 Å². The van der Waals surface area contributed by atoms with Gasteiger partial charge < -0.3 is 4.90 Å². The zero-order valence-corrected chi connectivity index (χ0v) is 9.81. The van der Waals surface area contributed by atoms with E-state index in [9.17, 15) is 4.79 Å². The molecule has 0 unspecified atom stereocenters. The summed E-state index contributed by atoms with van der Waals surface area (Å²) in [7, 11) is 0. The minimum atomic E-state index is -0.215. The molecule has 2 aromatic rings. The number of aromatic nitrogens is 4. The first-order valence-electron chi connectivity index (χ1n) is 5.95. The number of nitrogens with one attached hydrogen (secondary N) is 1. The first kappa shape index (κ1) is 10.3. The van der Waals surface area contributed by atoms with Crippen molar-refractivity contribution in [3.05, 3.63) is 22.2 Å². The maximum Gasteiger partial charge on any atom is 0.350 e. The predicted molar refractivity (Wildman–Crippen MR) is 64.4 cm³/mol. The number of nitrogens with zero attached hydrogens (tertiary/aromatic N) is 4. The van der Waals surface area contributed by atoms with Gasteiger partial charge in [-0.15, -0.1) is 0 Å². The first-order valence-corrected chi connectivity index (χ1v) is 5.95. The fourth-order valence-electron chi connectivity index (χ4n) is 2.33. The van der Waals surface area contributed by atoms with Gasteiger partial charge in [-0.3, -0.25) is 0 Å². The highest BCUT2D eigenvalue weighted by molar-refractivity contribution is 5.47. The van der Waals surface area contributed by atoms with Crippen LogP contribution in [0, 0.1) is 6.92 Å². The average Bonchev–Trinajstić information content (AvgIpc) is 2.71. The van der Waals surface area contributed by atoms with Crippen molar-refractivity contribution in [2.45, 2.75) is 26.2 Å². The van der Waals surface area contributed by atoms with Gasteiger partial charge in [0.1, 0.15) is 0 Å². The van der Waals surface area contributed by atoms with Crippen molar-refractivity contribution in [3.63, 3.8) is 0 Å². The second kappa shape index (κ2) is 3.87. The van der Waals surface area contributed by atoms with Crippen LogP contribution in [0.15, 0.2) is 10.9 Å². The number of piperidine rings is 1. The molecule has 1 N–H and O–H groups in total. The molecule has 0 saturated carbocycles. The lowest BCUT2D eigenvalue weighted by molar-refractivity contribution is 0.564. The molecule has 0 amide bonds. The smallest absolute Gasteiger partial charge is 0.342 e. The van der Waals surface area contributed by atoms with Gasteiger partial charge in [0.2, 0.25) is 5.95 Å². The van der Waals surface area contributed by atoms with Crippen LogP contribution in [0.25, 0.3) is 5.65 Å². The Balaban J connectivity index is 2.19. The maximum atomic E-state index is 11.7. The molecular weight excluding hydrogens is 218 g/mol. The molecular formula is C11H15N5O. The molecule has 1 aliphatic heterocycles. The van der Waals surface area contributed by atoms with Gasteiger partial charge in [-0.05, 0) is 26.2 Å². The molecule has 2 aromatic heterocycles. The number of hydrogen-bond donors (Lipinski definition) is 1. The summed E-state index contributed by atoms with van der Waals surface area (Å²) in [5.74, 6) is 0.721. The van der Waals surface area contributed by atoms with Crippen LogP contribution in [-0.4, -0.2) is 32.7 Å². The molecule has 3 rings (SSSR count). The lowest BCUT2D eigenvalue weighted by Gasteiger charge is -2.27. The quantitative estimate of drug-likeness (QED) is 0.788. The molecule has 0 aliphatic carbocycles. The van der Waals surface area contributed by atoms with Crippen molar-refractivity contribution < 1.29 is 0 Å². The summed E-state index contributed by atoms with van der Waals surface area (Å²) in [6.07, 6.45) is 3.57. The topological polar surface area (TPSA) is 66.3 Å². The largest absolute Gasteiger partial charge is 0.350 e. The van der Waals surface area contributed by atoms with E-state index in [2.05, 4.69) is 20.1 Å². The van der Waals surface area contributed by atoms with E-state index in [1.807, 2.05) is 13.0 Å². The molecule has 1 aliphatic rings. The maximum absolute atomic E-state index is 11.7. The summed E-state index contributed by atoms with van der Waals surface area (Å²) in [5.41, 5.74) is 1.31. The van der Waals surface area contributed by atoms with Crippen LogP contribution in [0.5, 0.6) is 0 Å². The minimum absolute atomic E-state index is 0.215. The third-order valence-corrected chi connectivity index (χ3v) is 3.15. The van der Waals surface area contributed by atoms with Crippen LogP contribution in [0.1, 0.15) is 25.0 Å². The SMILES string of the molecule is Cc1cc2n[nH]c(=O)n2c(N2CCCCC2)n1. The zero-order chi connectivity index (χ0) is 11.8. The van der Waals surface area contributed by atoms with Gasteiger partial charge in [-0.2, -0.15) is 5.10 Å². The number of rotatable bonds is 1. The van der Waals surface area contributed by atoms with Crippen molar-refractivity contribution in [2.24, 2.45) is 0 Å². The van der Waals surface area contributed by atoms with E-state index < -0.39 is 0 Å². The van der Waals surface area contributed by atoms with Gasteiger partial charge in [-0.25, -0.2) is 19.3 Å². The molecule has 6 nitrogen and oxygen atoms in total. The van der Waals surface area contributed by atoms with E-state index in [4.69, 9.17) is 0 Å². The summed E-state index contributed by atoms with van der Waals surface area (Å²) in [5, 5.41) is 6.47. The number of H-pyrrole nitrogens is 1. The molecule has 6 heteroatoms. The average molecular weight is 233 g/mol. The number of fused-ring (bicyclic) bond motifs is 1. The second-order valence-electron chi connectivity index (χ2n) is 4.47. The Bertz CT molecular complexity index is 593. The third-order valence-electron chi connectivity index (χ3n) is 3.15. The Morgan fingerprint density at radius 3 is 2.82 bits per heavy atom. The highest BCUT2D eigenvalue weighted by Crippen LogP contribution is 2.17. The van der Waals surface area contributed by atoms with E-state index in [-0.39, 0.29) is 5.69 Å². The summed E-state index contributed by atoms with van der Waals surface area (Å²) < 4.78 is 1.55. The van der Waals surface area contributed by atoms with E-state index in [0.717, 1.165) is 37.6 Å². The zero-order valence-electron chi connectivity index (χ0n) is 9.81. The monoisotopic (exact) mass is 233 g/mol. The van der Waals surface area contributed by atoms with Gasteiger partial charge in [0.05, 0.1) is 0 Å². The minimum Gasteiger partial charge on any atom is -0.342 e. The Hall–Kier alpha value is -1.85. The Kier molecular flexibility index (Phi) is 2.35. The summed E-state index contributed by atoms with van der Waals surface area (Å²) in [4.78, 5) is 18.4. The van der Waals surface area contributed by atoms with Crippen LogP contribution < -0.4 is 10.6 Å². The van der Waals surface area contributed by atoms with Crippen molar-refractivity contribution >= 4 is 11.6 Å². The van der Waals surface area contributed by atoms with E-state index >= 15 is 0 Å². The molecule has 90 valence electrons. The highest BCUT2D eigenvalue weighted by atomic mass is 16.1.